The van der Waals surface area contributed by atoms with Gasteiger partial charge in [0.15, 0.2) is 23.0 Å². The Morgan fingerprint density at radius 3 is 2.26 bits per heavy atom. The highest BCUT2D eigenvalue weighted by Gasteiger charge is 2.21. The maximum Gasteiger partial charge on any atom is 0.162 e. The Balaban J connectivity index is 1.57. The SMILES string of the molecule is COc1cc(C#N)c(N=C(C)N2CCc3cc(OC)c(OCc4ccccc4)cc3C2)cc1OC. The first-order valence-corrected chi connectivity index (χ1v) is 11.4. The molecule has 0 fully saturated rings. The third-order valence-corrected chi connectivity index (χ3v) is 6.10. The van der Waals surface area contributed by atoms with Crippen molar-refractivity contribution in [3.63, 3.8) is 0 Å². The van der Waals surface area contributed by atoms with E-state index in [-0.39, 0.29) is 0 Å². The molecule has 0 saturated carbocycles. The lowest BCUT2D eigenvalue weighted by atomic mass is 9.98. The molecule has 0 saturated heterocycles. The second kappa shape index (κ2) is 10.8. The van der Waals surface area contributed by atoms with Crippen LogP contribution in [0.1, 0.15) is 29.2 Å². The van der Waals surface area contributed by atoms with Crippen LogP contribution in [0.3, 0.4) is 0 Å². The van der Waals surface area contributed by atoms with Crippen molar-refractivity contribution >= 4 is 11.5 Å². The number of hydrogen-bond acceptors (Lipinski definition) is 6. The standard InChI is InChI=1S/C28H29N3O4/c1-19(30-24-15-27(34-4)25(32-2)13-22(24)16-29)31-11-10-21-12-26(33-3)28(14-23(21)17-31)35-18-20-8-6-5-7-9-20/h5-9,12-15H,10-11,17-18H2,1-4H3. The Bertz CT molecular complexity index is 1270. The van der Waals surface area contributed by atoms with Crippen LogP contribution in [0.4, 0.5) is 5.69 Å². The molecule has 180 valence electrons. The minimum atomic E-state index is 0.431. The van der Waals surface area contributed by atoms with Crippen LogP contribution in [-0.4, -0.2) is 38.6 Å². The molecule has 0 radical (unpaired) electrons. The molecule has 0 bridgehead atoms. The molecule has 0 aromatic heterocycles. The van der Waals surface area contributed by atoms with Gasteiger partial charge in [-0.15, -0.1) is 0 Å². The van der Waals surface area contributed by atoms with E-state index < -0.39 is 0 Å². The number of amidine groups is 1. The minimum Gasteiger partial charge on any atom is -0.493 e. The number of methoxy groups -OCH3 is 3. The molecule has 0 atom stereocenters. The summed E-state index contributed by atoms with van der Waals surface area (Å²) in [7, 11) is 4.78. The molecule has 0 unspecified atom stereocenters. The lowest BCUT2D eigenvalue weighted by Crippen LogP contribution is -2.34. The van der Waals surface area contributed by atoms with Crippen molar-refractivity contribution in [1.82, 2.24) is 4.90 Å². The summed E-state index contributed by atoms with van der Waals surface area (Å²) < 4.78 is 22.4. The Hall–Kier alpha value is -4.18. The Kier molecular flexibility index (Phi) is 7.41. The monoisotopic (exact) mass is 471 g/mol. The number of aliphatic imine (C=N–C) groups is 1. The predicted molar refractivity (Wildman–Crippen MR) is 135 cm³/mol. The molecule has 7 nitrogen and oxygen atoms in total. The number of benzene rings is 3. The minimum absolute atomic E-state index is 0.431. The zero-order chi connectivity index (χ0) is 24.8. The van der Waals surface area contributed by atoms with Gasteiger partial charge in [-0.1, -0.05) is 30.3 Å². The van der Waals surface area contributed by atoms with Crippen molar-refractivity contribution in [2.45, 2.75) is 26.5 Å². The van der Waals surface area contributed by atoms with Gasteiger partial charge in [-0.25, -0.2) is 4.99 Å². The molecule has 1 aliphatic rings. The number of hydrogen-bond donors (Lipinski definition) is 0. The quantitative estimate of drug-likeness (QED) is 0.345. The number of nitriles is 1. The average molecular weight is 472 g/mol. The summed E-state index contributed by atoms with van der Waals surface area (Å²) in [5, 5.41) is 9.61. The van der Waals surface area contributed by atoms with Crippen LogP contribution in [0.2, 0.25) is 0 Å². The van der Waals surface area contributed by atoms with Gasteiger partial charge in [-0.05, 0) is 42.2 Å². The van der Waals surface area contributed by atoms with Crippen molar-refractivity contribution < 1.29 is 18.9 Å². The van der Waals surface area contributed by atoms with Gasteiger partial charge in [0.2, 0.25) is 0 Å². The highest BCUT2D eigenvalue weighted by Crippen LogP contribution is 2.36. The first-order valence-electron chi connectivity index (χ1n) is 11.4. The molecule has 7 heteroatoms. The molecule has 0 N–H and O–H groups in total. The van der Waals surface area contributed by atoms with E-state index in [4.69, 9.17) is 23.9 Å². The van der Waals surface area contributed by atoms with Gasteiger partial charge >= 0.3 is 0 Å². The highest BCUT2D eigenvalue weighted by molar-refractivity contribution is 5.84. The molecule has 3 aromatic carbocycles. The summed E-state index contributed by atoms with van der Waals surface area (Å²) in [5.74, 6) is 3.32. The smallest absolute Gasteiger partial charge is 0.162 e. The van der Waals surface area contributed by atoms with Gasteiger partial charge in [0.1, 0.15) is 18.5 Å². The fourth-order valence-electron chi connectivity index (χ4n) is 4.14. The topological polar surface area (TPSA) is 76.3 Å². The first kappa shape index (κ1) is 24.0. The van der Waals surface area contributed by atoms with Crippen molar-refractivity contribution in [3.8, 4) is 29.1 Å². The van der Waals surface area contributed by atoms with Gasteiger partial charge in [0, 0.05) is 25.2 Å². The van der Waals surface area contributed by atoms with E-state index in [1.165, 1.54) is 11.1 Å². The van der Waals surface area contributed by atoms with E-state index in [1.807, 2.05) is 37.3 Å². The summed E-state index contributed by atoms with van der Waals surface area (Å²) in [6.07, 6.45) is 0.856. The van der Waals surface area contributed by atoms with E-state index in [0.717, 1.165) is 35.9 Å². The Morgan fingerprint density at radius 1 is 0.914 bits per heavy atom. The lowest BCUT2D eigenvalue weighted by molar-refractivity contribution is 0.282. The Morgan fingerprint density at radius 2 is 1.57 bits per heavy atom. The van der Waals surface area contributed by atoms with E-state index in [9.17, 15) is 5.26 Å². The fourth-order valence-corrected chi connectivity index (χ4v) is 4.14. The summed E-state index contributed by atoms with van der Waals surface area (Å²) in [6.45, 7) is 3.92. The molecular weight excluding hydrogens is 442 g/mol. The van der Waals surface area contributed by atoms with E-state index in [1.54, 1.807) is 33.5 Å². The van der Waals surface area contributed by atoms with Crippen molar-refractivity contribution in [2.24, 2.45) is 4.99 Å². The summed E-state index contributed by atoms with van der Waals surface area (Å²) in [6, 6.07) is 19.8. The molecule has 0 amide bonds. The van der Waals surface area contributed by atoms with Crippen LogP contribution in [0, 0.1) is 11.3 Å². The number of nitrogens with zero attached hydrogens (tertiary/aromatic N) is 3. The first-order chi connectivity index (χ1) is 17.1. The number of ether oxygens (including phenoxy) is 4. The second-order valence-electron chi connectivity index (χ2n) is 8.21. The summed E-state index contributed by atoms with van der Waals surface area (Å²) >= 11 is 0. The maximum atomic E-state index is 9.61. The molecule has 35 heavy (non-hydrogen) atoms. The van der Waals surface area contributed by atoms with Gasteiger partial charge in [0.25, 0.3) is 0 Å². The van der Waals surface area contributed by atoms with Crippen LogP contribution in [0.5, 0.6) is 23.0 Å². The van der Waals surface area contributed by atoms with E-state index in [0.29, 0.717) is 35.9 Å². The number of fused-ring (bicyclic) bond motifs is 1. The summed E-state index contributed by atoms with van der Waals surface area (Å²) in [4.78, 5) is 6.97. The molecule has 0 aliphatic carbocycles. The van der Waals surface area contributed by atoms with Gasteiger partial charge in [0.05, 0.1) is 32.6 Å². The lowest BCUT2D eigenvalue weighted by Gasteiger charge is -2.31. The maximum absolute atomic E-state index is 9.61. The fraction of sp³-hybridized carbons (Fsp3) is 0.286. The summed E-state index contributed by atoms with van der Waals surface area (Å²) in [5.41, 5.74) is 4.49. The van der Waals surface area contributed by atoms with Crippen molar-refractivity contribution in [1.29, 1.82) is 5.26 Å². The van der Waals surface area contributed by atoms with Gasteiger partial charge < -0.3 is 23.8 Å². The van der Waals surface area contributed by atoms with Crippen molar-refractivity contribution in [2.75, 3.05) is 27.9 Å². The zero-order valence-electron chi connectivity index (χ0n) is 20.5. The van der Waals surface area contributed by atoms with Crippen LogP contribution in [-0.2, 0) is 19.6 Å². The molecule has 1 heterocycles. The normalized spacial score (nSPS) is 13.0. The second-order valence-corrected chi connectivity index (χ2v) is 8.21. The predicted octanol–water partition coefficient (Wildman–Crippen LogP) is 5.27. The van der Waals surface area contributed by atoms with Crippen molar-refractivity contribution in [3.05, 3.63) is 76.9 Å². The third-order valence-electron chi connectivity index (χ3n) is 6.10. The average Bonchev–Trinajstić information content (AvgIpc) is 2.91. The molecule has 3 aromatic rings. The van der Waals surface area contributed by atoms with Gasteiger partial charge in [-0.2, -0.15) is 5.26 Å². The Labute approximate surface area is 206 Å². The zero-order valence-corrected chi connectivity index (χ0v) is 20.5. The molecule has 4 rings (SSSR count). The third kappa shape index (κ3) is 5.33. The molecular formula is C28H29N3O4. The van der Waals surface area contributed by atoms with Crippen LogP contribution < -0.4 is 18.9 Å². The van der Waals surface area contributed by atoms with E-state index in [2.05, 4.69) is 23.1 Å². The number of rotatable bonds is 7. The van der Waals surface area contributed by atoms with Crippen LogP contribution in [0.25, 0.3) is 0 Å². The van der Waals surface area contributed by atoms with Crippen LogP contribution in [0.15, 0.2) is 59.6 Å². The molecule has 0 spiro atoms. The van der Waals surface area contributed by atoms with Crippen LogP contribution >= 0.6 is 0 Å². The van der Waals surface area contributed by atoms with E-state index >= 15 is 0 Å². The highest BCUT2D eigenvalue weighted by atomic mass is 16.5. The molecule has 1 aliphatic heterocycles. The van der Waals surface area contributed by atoms with Gasteiger partial charge in [-0.3, -0.25) is 0 Å². The largest absolute Gasteiger partial charge is 0.493 e.